The van der Waals surface area contributed by atoms with Gasteiger partial charge in [-0.15, -0.1) is 0 Å². The molecule has 0 radical (unpaired) electrons. The molecule has 0 aliphatic rings. The molecular formula is C11H4F6N2. The Morgan fingerprint density at radius 1 is 0.737 bits per heavy atom. The molecule has 0 fully saturated rings. The van der Waals surface area contributed by atoms with E-state index in [0.29, 0.717) is 12.1 Å². The molecule has 1 aromatic carbocycles. The van der Waals surface area contributed by atoms with E-state index in [9.17, 15) is 26.3 Å². The van der Waals surface area contributed by atoms with Gasteiger partial charge in [-0.2, -0.15) is 9.37 Å². The molecule has 8 heteroatoms. The van der Waals surface area contributed by atoms with E-state index < -0.39 is 46.5 Å². The van der Waals surface area contributed by atoms with Crippen molar-refractivity contribution in [3.63, 3.8) is 0 Å². The van der Waals surface area contributed by atoms with E-state index in [-0.39, 0.29) is 6.07 Å². The molecule has 2 nitrogen and oxygen atoms in total. The van der Waals surface area contributed by atoms with Crippen molar-refractivity contribution in [2.24, 2.45) is 0 Å². The van der Waals surface area contributed by atoms with Crippen molar-refractivity contribution in [1.29, 1.82) is 0 Å². The molecular weight excluding hydrogens is 274 g/mol. The average molecular weight is 278 g/mol. The van der Waals surface area contributed by atoms with Gasteiger partial charge in [0, 0.05) is 23.9 Å². The van der Waals surface area contributed by atoms with Crippen molar-refractivity contribution < 1.29 is 26.3 Å². The molecule has 0 unspecified atom stereocenters. The van der Waals surface area contributed by atoms with Crippen molar-refractivity contribution in [3.05, 3.63) is 53.2 Å². The smallest absolute Gasteiger partial charge is 0.251 e. The number of nitrogens with zero attached hydrogens (tertiary/aromatic N) is 1. The van der Waals surface area contributed by atoms with E-state index in [1.807, 2.05) is 5.32 Å². The van der Waals surface area contributed by atoms with Crippen LogP contribution in [-0.2, 0) is 0 Å². The van der Waals surface area contributed by atoms with Crippen LogP contribution in [0, 0.1) is 35.0 Å². The first kappa shape index (κ1) is 13.2. The predicted molar refractivity (Wildman–Crippen MR) is 53.7 cm³/mol. The Morgan fingerprint density at radius 2 is 1.32 bits per heavy atom. The Bertz CT molecular complexity index is 620. The normalized spacial score (nSPS) is 10.6. The van der Waals surface area contributed by atoms with Gasteiger partial charge in [0.05, 0.1) is 0 Å². The minimum atomic E-state index is -1.70. The van der Waals surface area contributed by atoms with Gasteiger partial charge in [0.2, 0.25) is 0 Å². The summed E-state index contributed by atoms with van der Waals surface area (Å²) in [5.74, 6) is -9.92. The number of anilines is 2. The second kappa shape index (κ2) is 4.79. The van der Waals surface area contributed by atoms with E-state index >= 15 is 0 Å². The van der Waals surface area contributed by atoms with E-state index in [4.69, 9.17) is 0 Å². The van der Waals surface area contributed by atoms with Crippen molar-refractivity contribution in [1.82, 2.24) is 4.98 Å². The summed E-state index contributed by atoms with van der Waals surface area (Å²) >= 11 is 0. The molecule has 0 bridgehead atoms. The second-order valence-electron chi connectivity index (χ2n) is 3.47. The van der Waals surface area contributed by atoms with E-state index in [0.717, 1.165) is 0 Å². The highest BCUT2D eigenvalue weighted by molar-refractivity contribution is 5.56. The van der Waals surface area contributed by atoms with E-state index in [1.165, 1.54) is 0 Å². The van der Waals surface area contributed by atoms with Crippen molar-refractivity contribution in [2.75, 3.05) is 5.32 Å². The summed E-state index contributed by atoms with van der Waals surface area (Å²) in [6.07, 6.45) is 0. The molecule has 2 aromatic rings. The van der Waals surface area contributed by atoms with Gasteiger partial charge >= 0.3 is 0 Å². The molecule has 0 amide bonds. The molecule has 0 aliphatic carbocycles. The van der Waals surface area contributed by atoms with Crippen LogP contribution in [0.1, 0.15) is 0 Å². The molecule has 1 N–H and O–H groups in total. The first-order valence-corrected chi connectivity index (χ1v) is 4.81. The van der Waals surface area contributed by atoms with Crippen molar-refractivity contribution in [3.8, 4) is 0 Å². The van der Waals surface area contributed by atoms with Gasteiger partial charge in [0.15, 0.2) is 34.9 Å². The van der Waals surface area contributed by atoms with Crippen LogP contribution in [0.4, 0.5) is 37.8 Å². The van der Waals surface area contributed by atoms with E-state index in [2.05, 4.69) is 4.98 Å². The zero-order valence-corrected chi connectivity index (χ0v) is 8.95. The molecule has 1 aromatic heterocycles. The SMILES string of the molecule is Fc1cc(F)c(Nc2cc(F)c(F)c(F)c2)nc1F. The quantitative estimate of drug-likeness (QED) is 0.515. The van der Waals surface area contributed by atoms with Gasteiger partial charge < -0.3 is 5.32 Å². The van der Waals surface area contributed by atoms with Crippen LogP contribution in [0.25, 0.3) is 0 Å². The first-order valence-electron chi connectivity index (χ1n) is 4.81. The molecule has 0 saturated heterocycles. The Balaban J connectivity index is 2.39. The molecule has 0 spiro atoms. The molecule has 0 atom stereocenters. The summed E-state index contributed by atoms with van der Waals surface area (Å²) in [4.78, 5) is 2.88. The maximum atomic E-state index is 13.2. The largest absolute Gasteiger partial charge is 0.338 e. The Labute approximate surface area is 102 Å². The minimum absolute atomic E-state index is 0.209. The van der Waals surface area contributed by atoms with Crippen molar-refractivity contribution in [2.45, 2.75) is 0 Å². The van der Waals surface area contributed by atoms with Crippen LogP contribution in [0.3, 0.4) is 0 Å². The maximum Gasteiger partial charge on any atom is 0.251 e. The monoisotopic (exact) mass is 278 g/mol. The van der Waals surface area contributed by atoms with Crippen molar-refractivity contribution >= 4 is 11.5 Å². The minimum Gasteiger partial charge on any atom is -0.338 e. The topological polar surface area (TPSA) is 24.9 Å². The van der Waals surface area contributed by atoms with Gasteiger partial charge in [-0.05, 0) is 0 Å². The summed E-state index contributed by atoms with van der Waals surface area (Å²) in [7, 11) is 0. The van der Waals surface area contributed by atoms with Gasteiger partial charge in [-0.3, -0.25) is 0 Å². The third-order valence-electron chi connectivity index (χ3n) is 2.13. The number of rotatable bonds is 2. The zero-order valence-electron chi connectivity index (χ0n) is 8.95. The highest BCUT2D eigenvalue weighted by Gasteiger charge is 2.14. The van der Waals surface area contributed by atoms with Gasteiger partial charge in [0.1, 0.15) is 0 Å². The van der Waals surface area contributed by atoms with Gasteiger partial charge in [0.25, 0.3) is 5.95 Å². The number of halogens is 6. The molecule has 1 heterocycles. The summed E-state index contributed by atoms with van der Waals surface area (Å²) < 4.78 is 77.0. The lowest BCUT2D eigenvalue weighted by Crippen LogP contribution is -2.03. The third-order valence-corrected chi connectivity index (χ3v) is 2.13. The third kappa shape index (κ3) is 2.61. The highest BCUT2D eigenvalue weighted by atomic mass is 19.2. The molecule has 0 saturated carbocycles. The number of hydrogen-bond acceptors (Lipinski definition) is 2. The lowest BCUT2D eigenvalue weighted by molar-refractivity contribution is 0.447. The molecule has 0 aliphatic heterocycles. The standard InChI is InChI=1S/C11H4F6N2/c12-5-1-4(2-6(13)9(5)16)18-11-8(15)3-7(14)10(17)19-11/h1-3H,(H,18,19). The Morgan fingerprint density at radius 3 is 1.89 bits per heavy atom. The Kier molecular flexibility index (Phi) is 3.32. The summed E-state index contributed by atoms with van der Waals surface area (Å²) in [6.45, 7) is 0. The average Bonchev–Trinajstić information content (AvgIpc) is 2.33. The predicted octanol–water partition coefficient (Wildman–Crippen LogP) is 3.66. The van der Waals surface area contributed by atoms with Gasteiger partial charge in [-0.25, -0.2) is 22.0 Å². The Hall–Kier alpha value is -2.25. The molecule has 100 valence electrons. The first-order chi connectivity index (χ1) is 8.88. The highest BCUT2D eigenvalue weighted by Crippen LogP contribution is 2.22. The van der Waals surface area contributed by atoms with Crippen LogP contribution >= 0.6 is 0 Å². The number of hydrogen-bond donors (Lipinski definition) is 1. The fourth-order valence-corrected chi connectivity index (χ4v) is 1.30. The van der Waals surface area contributed by atoms with Crippen LogP contribution in [-0.4, -0.2) is 4.98 Å². The zero-order chi connectivity index (χ0) is 14.2. The van der Waals surface area contributed by atoms with E-state index in [1.54, 1.807) is 0 Å². The second-order valence-corrected chi connectivity index (χ2v) is 3.47. The number of aromatic nitrogens is 1. The fourth-order valence-electron chi connectivity index (χ4n) is 1.30. The van der Waals surface area contributed by atoms with Crippen LogP contribution in [0.2, 0.25) is 0 Å². The number of benzene rings is 1. The summed E-state index contributed by atoms with van der Waals surface area (Å²) in [6, 6.07) is 1.24. The summed E-state index contributed by atoms with van der Waals surface area (Å²) in [5, 5.41) is 2.01. The lowest BCUT2D eigenvalue weighted by Gasteiger charge is -2.08. The van der Waals surface area contributed by atoms with Crippen LogP contribution in [0.15, 0.2) is 18.2 Å². The molecule has 19 heavy (non-hydrogen) atoms. The fraction of sp³-hybridized carbons (Fsp3) is 0. The maximum absolute atomic E-state index is 13.2. The number of nitrogens with one attached hydrogen (secondary N) is 1. The lowest BCUT2D eigenvalue weighted by atomic mass is 10.3. The van der Waals surface area contributed by atoms with Crippen LogP contribution < -0.4 is 5.32 Å². The van der Waals surface area contributed by atoms with Gasteiger partial charge in [-0.1, -0.05) is 0 Å². The summed E-state index contributed by atoms with van der Waals surface area (Å²) in [5.41, 5.74) is -0.409. The molecule has 2 rings (SSSR count). The van der Waals surface area contributed by atoms with Crippen LogP contribution in [0.5, 0.6) is 0 Å². The number of pyridine rings is 1.